The van der Waals surface area contributed by atoms with Gasteiger partial charge in [0.25, 0.3) is 11.8 Å². The Balaban J connectivity index is 2.29. The van der Waals surface area contributed by atoms with Crippen LogP contribution in [0.25, 0.3) is 0 Å². The van der Waals surface area contributed by atoms with E-state index in [1.165, 1.54) is 18.2 Å². The molecule has 1 unspecified atom stereocenters. The number of barbiturate groups is 2. The first-order valence-electron chi connectivity index (χ1n) is 12.3. The zero-order chi connectivity index (χ0) is 29.3. The minimum atomic E-state index is -1.47. The van der Waals surface area contributed by atoms with Crippen LogP contribution >= 0.6 is 0 Å². The van der Waals surface area contributed by atoms with E-state index in [0.717, 1.165) is 22.0 Å². The van der Waals surface area contributed by atoms with Crippen LogP contribution in [0.5, 0.6) is 0 Å². The molecule has 2 N–H and O–H groups in total. The van der Waals surface area contributed by atoms with Crippen LogP contribution in [-0.4, -0.2) is 104 Å². The average molecular weight is 547 g/mol. The fraction of sp³-hybridized carbons (Fsp3) is 0.440. The largest absolute Gasteiger partial charge is 0.480 e. The van der Waals surface area contributed by atoms with Gasteiger partial charge in [-0.3, -0.25) is 43.5 Å². The fourth-order valence-corrected chi connectivity index (χ4v) is 3.77. The Morgan fingerprint density at radius 3 is 1.74 bits per heavy atom. The number of carboxylic acid groups (broad SMARTS) is 2. The number of unbranched alkanes of at least 4 members (excludes halogenated alkanes) is 2. The van der Waals surface area contributed by atoms with Gasteiger partial charge in [0.15, 0.2) is 0 Å². The maximum Gasteiger partial charge on any atom is 0.334 e. The number of amides is 8. The third kappa shape index (κ3) is 7.24. The van der Waals surface area contributed by atoms with Gasteiger partial charge in [-0.05, 0) is 18.9 Å². The zero-order valence-corrected chi connectivity index (χ0v) is 21.6. The van der Waals surface area contributed by atoms with E-state index in [4.69, 9.17) is 10.2 Å². The van der Waals surface area contributed by atoms with Crippen LogP contribution in [0.3, 0.4) is 0 Å². The Hall–Kier alpha value is -4.62. The molecule has 2 rings (SSSR count). The summed E-state index contributed by atoms with van der Waals surface area (Å²) >= 11 is 0. The number of nitrogens with zero attached hydrogens (tertiary/aromatic N) is 4. The molecule has 0 aromatic rings. The van der Waals surface area contributed by atoms with Crippen molar-refractivity contribution in [2.75, 3.05) is 26.2 Å². The van der Waals surface area contributed by atoms with Gasteiger partial charge in [0, 0.05) is 13.1 Å². The van der Waals surface area contributed by atoms with Crippen LogP contribution in [-0.2, 0) is 28.8 Å². The third-order valence-electron chi connectivity index (χ3n) is 5.78. The summed E-state index contributed by atoms with van der Waals surface area (Å²) in [5.74, 6) is -8.13. The topological polar surface area (TPSA) is 190 Å². The Morgan fingerprint density at radius 2 is 1.18 bits per heavy atom. The number of carbonyl (C=O) groups is 8. The molecule has 0 saturated carbocycles. The van der Waals surface area contributed by atoms with Crippen LogP contribution in [0, 0.1) is 5.92 Å². The molecule has 0 aromatic heterocycles. The summed E-state index contributed by atoms with van der Waals surface area (Å²) in [5.41, 5.74) is -0.453. The molecule has 14 heteroatoms. The van der Waals surface area contributed by atoms with Crippen molar-refractivity contribution < 1.29 is 48.6 Å². The van der Waals surface area contributed by atoms with E-state index in [0.29, 0.717) is 35.5 Å². The molecular weight excluding hydrogens is 516 g/mol. The smallest absolute Gasteiger partial charge is 0.334 e. The highest BCUT2D eigenvalue weighted by Gasteiger charge is 2.45. The maximum atomic E-state index is 12.8. The molecule has 210 valence electrons. The fourth-order valence-electron chi connectivity index (χ4n) is 3.77. The number of carboxylic acids is 2. The van der Waals surface area contributed by atoms with Gasteiger partial charge in [0.2, 0.25) is 11.8 Å². The molecule has 14 nitrogen and oxygen atoms in total. The van der Waals surface area contributed by atoms with Crippen molar-refractivity contribution in [3.63, 3.8) is 0 Å². The van der Waals surface area contributed by atoms with Crippen molar-refractivity contribution in [2.45, 2.75) is 39.5 Å². The Labute approximate surface area is 223 Å². The van der Waals surface area contributed by atoms with Crippen LogP contribution < -0.4 is 0 Å². The molecule has 0 radical (unpaired) electrons. The highest BCUT2D eigenvalue weighted by molar-refractivity contribution is 6.29. The number of allylic oxidation sites excluding steroid dienone is 4. The number of carbonyl (C=O) groups excluding carboxylic acids is 6. The minimum absolute atomic E-state index is 0.00810. The number of hydrogen-bond acceptors (Lipinski definition) is 8. The van der Waals surface area contributed by atoms with E-state index in [-0.39, 0.29) is 13.1 Å². The van der Waals surface area contributed by atoms with Crippen molar-refractivity contribution in [2.24, 2.45) is 5.92 Å². The van der Waals surface area contributed by atoms with Gasteiger partial charge < -0.3 is 10.2 Å². The summed E-state index contributed by atoms with van der Waals surface area (Å²) in [7, 11) is 0. The Bertz CT molecular complexity index is 1160. The van der Waals surface area contributed by atoms with Gasteiger partial charge in [-0.25, -0.2) is 14.5 Å². The van der Waals surface area contributed by atoms with E-state index in [1.54, 1.807) is 0 Å². The van der Waals surface area contributed by atoms with E-state index >= 15 is 0 Å². The summed E-state index contributed by atoms with van der Waals surface area (Å²) in [6.45, 7) is 1.81. The maximum absolute atomic E-state index is 12.8. The van der Waals surface area contributed by atoms with E-state index < -0.39 is 72.2 Å². The summed E-state index contributed by atoms with van der Waals surface area (Å²) in [4.78, 5) is 101. The standard InChI is InChI=1S/C25H30N4O10/c1-3-5-12-26-20(34)16(22(36)28(24(26)38)14-18(30)31)10-8-7-9-11-17-21(35)27(13-6-4-2)25(39)29(23(17)37)15-19(32)33/h7-11,16H,3-6,12-15H2,1-2H3,(H,30,31)(H,32,33). The Morgan fingerprint density at radius 1 is 0.692 bits per heavy atom. The first-order chi connectivity index (χ1) is 18.5. The summed E-state index contributed by atoms with van der Waals surface area (Å²) in [6, 6.07) is -2.03. The molecule has 2 aliphatic heterocycles. The SMILES string of the molecule is CCCCN1C(=O)C(=CC=CC=CC2C(=O)N(CCCC)C(=O)N(CC(=O)O)C2=O)C(=O)N(CC(=O)O)C1=O. The first-order valence-corrected chi connectivity index (χ1v) is 12.3. The molecule has 39 heavy (non-hydrogen) atoms. The molecule has 2 aliphatic rings. The summed E-state index contributed by atoms with van der Waals surface area (Å²) < 4.78 is 0. The number of rotatable bonds is 13. The summed E-state index contributed by atoms with van der Waals surface area (Å²) in [5, 5.41) is 18.1. The average Bonchev–Trinajstić information content (AvgIpc) is 2.87. The lowest BCUT2D eigenvalue weighted by Crippen LogP contribution is -2.60. The molecule has 2 saturated heterocycles. The molecule has 2 heterocycles. The van der Waals surface area contributed by atoms with Crippen LogP contribution in [0.4, 0.5) is 9.59 Å². The van der Waals surface area contributed by atoms with Crippen LogP contribution in [0.1, 0.15) is 39.5 Å². The molecular formula is C25H30N4O10. The summed E-state index contributed by atoms with van der Waals surface area (Å²) in [6.07, 6.45) is 8.15. The molecule has 1 atom stereocenters. The lowest BCUT2D eigenvalue weighted by molar-refractivity contribution is -0.151. The van der Waals surface area contributed by atoms with Gasteiger partial charge in [-0.15, -0.1) is 0 Å². The van der Waals surface area contributed by atoms with Crippen molar-refractivity contribution in [3.05, 3.63) is 36.0 Å². The second-order valence-electron chi connectivity index (χ2n) is 8.65. The molecule has 0 aromatic carbocycles. The van der Waals surface area contributed by atoms with Crippen molar-refractivity contribution in [1.29, 1.82) is 0 Å². The molecule has 2 fully saturated rings. The first kappa shape index (κ1) is 30.6. The lowest BCUT2D eigenvalue weighted by atomic mass is 10.0. The van der Waals surface area contributed by atoms with Gasteiger partial charge in [0.1, 0.15) is 24.6 Å². The van der Waals surface area contributed by atoms with Crippen molar-refractivity contribution >= 4 is 47.6 Å². The van der Waals surface area contributed by atoms with Crippen LogP contribution in [0.2, 0.25) is 0 Å². The van der Waals surface area contributed by atoms with E-state index in [1.807, 2.05) is 13.8 Å². The molecule has 8 amide bonds. The van der Waals surface area contributed by atoms with Gasteiger partial charge in [-0.2, -0.15) is 0 Å². The van der Waals surface area contributed by atoms with Crippen LogP contribution in [0.15, 0.2) is 36.0 Å². The quantitative estimate of drug-likeness (QED) is 0.146. The zero-order valence-electron chi connectivity index (χ0n) is 21.6. The van der Waals surface area contributed by atoms with E-state index in [2.05, 4.69) is 0 Å². The van der Waals surface area contributed by atoms with Gasteiger partial charge >= 0.3 is 24.0 Å². The number of hydrogen-bond donors (Lipinski definition) is 2. The highest BCUT2D eigenvalue weighted by Crippen LogP contribution is 2.21. The monoisotopic (exact) mass is 546 g/mol. The molecule has 0 bridgehead atoms. The number of urea groups is 2. The number of imide groups is 4. The third-order valence-corrected chi connectivity index (χ3v) is 5.78. The second kappa shape index (κ2) is 13.8. The predicted molar refractivity (Wildman–Crippen MR) is 133 cm³/mol. The number of aliphatic carboxylic acids is 2. The van der Waals surface area contributed by atoms with Gasteiger partial charge in [0.05, 0.1) is 0 Å². The minimum Gasteiger partial charge on any atom is -0.480 e. The van der Waals surface area contributed by atoms with Crippen molar-refractivity contribution in [3.8, 4) is 0 Å². The molecule has 0 aliphatic carbocycles. The normalized spacial score (nSPS) is 19.9. The van der Waals surface area contributed by atoms with Crippen molar-refractivity contribution in [1.82, 2.24) is 19.6 Å². The highest BCUT2D eigenvalue weighted by atomic mass is 16.4. The predicted octanol–water partition coefficient (Wildman–Crippen LogP) is 0.992. The molecule has 0 spiro atoms. The Kier molecular flexibility index (Phi) is 10.8. The van der Waals surface area contributed by atoms with Gasteiger partial charge in [-0.1, -0.05) is 51.0 Å². The lowest BCUT2D eigenvalue weighted by Gasteiger charge is -2.35. The van der Waals surface area contributed by atoms with E-state index in [9.17, 15) is 38.4 Å². The second-order valence-corrected chi connectivity index (χ2v) is 8.65.